The number of aromatic nitrogens is 1. The molecule has 1 rings (SSSR count). The van der Waals surface area contributed by atoms with Crippen LogP contribution in [-0.2, 0) is 23.1 Å². The van der Waals surface area contributed by atoms with Crippen molar-refractivity contribution >= 4 is 10.0 Å². The van der Waals surface area contributed by atoms with Gasteiger partial charge in [-0.2, -0.15) is 0 Å². The van der Waals surface area contributed by atoms with E-state index >= 15 is 0 Å². The van der Waals surface area contributed by atoms with E-state index in [1.807, 2.05) is 0 Å². The molecule has 1 aromatic heterocycles. The Morgan fingerprint density at radius 2 is 2.06 bits per heavy atom. The van der Waals surface area contributed by atoms with Gasteiger partial charge in [-0.3, -0.25) is 0 Å². The Morgan fingerprint density at radius 1 is 1.41 bits per heavy atom. The second-order valence-corrected chi connectivity index (χ2v) is 5.92. The molecule has 0 saturated carbocycles. The van der Waals surface area contributed by atoms with Crippen molar-refractivity contribution in [2.45, 2.75) is 33.9 Å². The maximum absolute atomic E-state index is 10.7. The Morgan fingerprint density at radius 3 is 2.53 bits per heavy atom. The van der Waals surface area contributed by atoms with Crippen molar-refractivity contribution in [1.82, 2.24) is 9.88 Å². The summed E-state index contributed by atoms with van der Waals surface area (Å²) in [6, 6.07) is 2.13. The maximum atomic E-state index is 10.7. The first-order valence-corrected chi connectivity index (χ1v) is 7.43. The highest BCUT2D eigenvalue weighted by molar-refractivity contribution is 7.89. The summed E-state index contributed by atoms with van der Waals surface area (Å²) in [4.78, 5) is 0. The summed E-state index contributed by atoms with van der Waals surface area (Å²) in [6.45, 7) is 8.27. The summed E-state index contributed by atoms with van der Waals surface area (Å²) in [6.07, 6.45) is 0. The Bertz CT molecular complexity index is 477. The number of primary sulfonamides is 1. The van der Waals surface area contributed by atoms with E-state index in [-0.39, 0.29) is 5.75 Å². The van der Waals surface area contributed by atoms with Crippen LogP contribution in [0.5, 0.6) is 0 Å². The summed E-state index contributed by atoms with van der Waals surface area (Å²) in [7, 11) is -3.36. The van der Waals surface area contributed by atoms with Gasteiger partial charge in [0.15, 0.2) is 0 Å². The van der Waals surface area contributed by atoms with Crippen LogP contribution in [0.3, 0.4) is 0 Å². The lowest BCUT2D eigenvalue weighted by Gasteiger charge is -2.07. The number of sulfonamides is 1. The molecule has 0 unspecified atom stereocenters. The van der Waals surface area contributed by atoms with Crippen molar-refractivity contribution in [2.75, 3.05) is 12.3 Å². The van der Waals surface area contributed by atoms with Crippen LogP contribution in [0.4, 0.5) is 0 Å². The van der Waals surface area contributed by atoms with Crippen molar-refractivity contribution in [1.29, 1.82) is 0 Å². The Labute approximate surface area is 103 Å². The highest BCUT2D eigenvalue weighted by atomic mass is 32.2. The standard InChI is InChI=1S/C11H21N3O2S/c1-4-14-9(2)7-11(10(14)3)8-13-5-6-17(12,15)16/h7,13H,4-6,8H2,1-3H3,(H2,12,15,16). The quantitative estimate of drug-likeness (QED) is 0.730. The van der Waals surface area contributed by atoms with Gasteiger partial charge in [0.2, 0.25) is 10.0 Å². The van der Waals surface area contributed by atoms with E-state index in [4.69, 9.17) is 5.14 Å². The molecule has 5 nitrogen and oxygen atoms in total. The zero-order chi connectivity index (χ0) is 13.1. The van der Waals surface area contributed by atoms with Crippen LogP contribution in [-0.4, -0.2) is 25.3 Å². The van der Waals surface area contributed by atoms with E-state index < -0.39 is 10.0 Å². The normalized spacial score (nSPS) is 12.0. The average Bonchev–Trinajstić information content (AvgIpc) is 2.47. The number of nitrogens with zero attached hydrogens (tertiary/aromatic N) is 1. The fourth-order valence-corrected chi connectivity index (χ4v) is 2.40. The second kappa shape index (κ2) is 5.66. The predicted octanol–water partition coefficient (Wildman–Crippen LogP) is 0.503. The van der Waals surface area contributed by atoms with E-state index in [1.165, 1.54) is 17.0 Å². The van der Waals surface area contributed by atoms with Crippen LogP contribution < -0.4 is 10.5 Å². The predicted molar refractivity (Wildman–Crippen MR) is 69.3 cm³/mol. The molecule has 1 heterocycles. The van der Waals surface area contributed by atoms with Crippen LogP contribution in [0, 0.1) is 13.8 Å². The smallest absolute Gasteiger partial charge is 0.210 e. The molecular formula is C11H21N3O2S. The second-order valence-electron chi connectivity index (χ2n) is 4.18. The molecule has 0 saturated heterocycles. The summed E-state index contributed by atoms with van der Waals surface area (Å²) < 4.78 is 23.7. The topological polar surface area (TPSA) is 77.1 Å². The highest BCUT2D eigenvalue weighted by Crippen LogP contribution is 2.14. The number of hydrogen-bond acceptors (Lipinski definition) is 3. The van der Waals surface area contributed by atoms with E-state index in [2.05, 4.69) is 36.7 Å². The van der Waals surface area contributed by atoms with Gasteiger partial charge in [0.1, 0.15) is 0 Å². The number of rotatable bonds is 6. The largest absolute Gasteiger partial charge is 0.349 e. The molecule has 6 heteroatoms. The van der Waals surface area contributed by atoms with Gasteiger partial charge in [0.05, 0.1) is 5.75 Å². The fourth-order valence-electron chi connectivity index (χ4n) is 1.98. The van der Waals surface area contributed by atoms with Gasteiger partial charge in [0, 0.05) is 31.0 Å². The van der Waals surface area contributed by atoms with Crippen LogP contribution >= 0.6 is 0 Å². The van der Waals surface area contributed by atoms with Crippen molar-refractivity contribution in [3.8, 4) is 0 Å². The van der Waals surface area contributed by atoms with Crippen LogP contribution in [0.1, 0.15) is 23.9 Å². The van der Waals surface area contributed by atoms with Crippen LogP contribution in [0.2, 0.25) is 0 Å². The summed E-state index contributed by atoms with van der Waals surface area (Å²) >= 11 is 0. The third-order valence-electron chi connectivity index (χ3n) is 2.87. The fraction of sp³-hybridized carbons (Fsp3) is 0.636. The van der Waals surface area contributed by atoms with E-state index in [0.29, 0.717) is 13.1 Å². The minimum atomic E-state index is -3.36. The molecule has 0 aliphatic carbocycles. The highest BCUT2D eigenvalue weighted by Gasteiger charge is 2.07. The van der Waals surface area contributed by atoms with Crippen LogP contribution in [0.25, 0.3) is 0 Å². The van der Waals surface area contributed by atoms with Gasteiger partial charge in [-0.05, 0) is 32.4 Å². The lowest BCUT2D eigenvalue weighted by Crippen LogP contribution is -2.26. The molecule has 17 heavy (non-hydrogen) atoms. The molecule has 0 bridgehead atoms. The lowest BCUT2D eigenvalue weighted by molar-refractivity contribution is 0.592. The molecule has 0 radical (unpaired) electrons. The molecule has 0 aliphatic heterocycles. The molecule has 1 aromatic rings. The first-order valence-electron chi connectivity index (χ1n) is 5.72. The Balaban J connectivity index is 2.53. The average molecular weight is 259 g/mol. The molecule has 0 atom stereocenters. The lowest BCUT2D eigenvalue weighted by atomic mass is 10.2. The Kier molecular flexibility index (Phi) is 4.73. The summed E-state index contributed by atoms with van der Waals surface area (Å²) in [5.41, 5.74) is 3.67. The zero-order valence-corrected chi connectivity index (χ0v) is 11.5. The SMILES string of the molecule is CCn1c(C)cc(CNCCS(N)(=O)=O)c1C. The van der Waals surface area contributed by atoms with E-state index in [0.717, 1.165) is 6.54 Å². The van der Waals surface area contributed by atoms with Gasteiger partial charge in [-0.25, -0.2) is 13.6 Å². The minimum Gasteiger partial charge on any atom is -0.349 e. The third kappa shape index (κ3) is 4.14. The Hall–Kier alpha value is -0.850. The van der Waals surface area contributed by atoms with Crippen molar-refractivity contribution in [2.24, 2.45) is 5.14 Å². The molecule has 3 N–H and O–H groups in total. The number of nitrogens with one attached hydrogen (secondary N) is 1. The molecule has 0 fully saturated rings. The maximum Gasteiger partial charge on any atom is 0.210 e. The van der Waals surface area contributed by atoms with Gasteiger partial charge in [0.25, 0.3) is 0 Å². The van der Waals surface area contributed by atoms with Crippen LogP contribution in [0.15, 0.2) is 6.07 Å². The number of nitrogens with two attached hydrogens (primary N) is 1. The first kappa shape index (κ1) is 14.2. The van der Waals surface area contributed by atoms with Gasteiger partial charge < -0.3 is 9.88 Å². The van der Waals surface area contributed by atoms with Gasteiger partial charge in [-0.15, -0.1) is 0 Å². The molecular weight excluding hydrogens is 238 g/mol. The summed E-state index contributed by atoms with van der Waals surface area (Å²) in [5.74, 6) is -0.0283. The van der Waals surface area contributed by atoms with E-state index in [1.54, 1.807) is 0 Å². The third-order valence-corrected chi connectivity index (χ3v) is 3.65. The van der Waals surface area contributed by atoms with E-state index in [9.17, 15) is 8.42 Å². The monoisotopic (exact) mass is 259 g/mol. The zero-order valence-electron chi connectivity index (χ0n) is 10.7. The molecule has 0 aliphatic rings. The van der Waals surface area contributed by atoms with Crippen molar-refractivity contribution in [3.63, 3.8) is 0 Å². The van der Waals surface area contributed by atoms with Gasteiger partial charge >= 0.3 is 0 Å². The van der Waals surface area contributed by atoms with Crippen molar-refractivity contribution in [3.05, 3.63) is 23.0 Å². The molecule has 0 aromatic carbocycles. The van der Waals surface area contributed by atoms with Crippen molar-refractivity contribution < 1.29 is 8.42 Å². The molecule has 98 valence electrons. The summed E-state index contributed by atoms with van der Waals surface area (Å²) in [5, 5.41) is 8.01. The molecule has 0 spiro atoms. The number of aryl methyl sites for hydroxylation is 1. The molecule has 0 amide bonds. The van der Waals surface area contributed by atoms with Gasteiger partial charge in [-0.1, -0.05) is 0 Å². The minimum absolute atomic E-state index is 0.0283. The first-order chi connectivity index (χ1) is 7.85. The number of hydrogen-bond donors (Lipinski definition) is 2.